The van der Waals surface area contributed by atoms with Crippen LogP contribution in [0.15, 0.2) is 48.5 Å². The molecular weight excluding hydrogens is 600 g/mol. The smallest absolute Gasteiger partial charge is 0.410 e. The highest BCUT2D eigenvalue weighted by molar-refractivity contribution is 7.81. The minimum Gasteiger partial charge on any atom is -0.459 e. The van der Waals surface area contributed by atoms with Crippen LogP contribution in [0.4, 0.5) is 16.2 Å². The van der Waals surface area contributed by atoms with Crippen LogP contribution in [0.3, 0.4) is 0 Å². The summed E-state index contributed by atoms with van der Waals surface area (Å²) in [6, 6.07) is 8.54. The number of thiol groups is 1. The number of hydrogen-bond donors (Lipinski definition) is 2. The lowest BCUT2D eigenvalue weighted by Crippen LogP contribution is -2.58. The molecule has 2 heterocycles. The van der Waals surface area contributed by atoms with Crippen LogP contribution >= 0.6 is 12.6 Å². The molecular formula is C27H30N6O10S. The van der Waals surface area contributed by atoms with Crippen LogP contribution in [0, 0.1) is 20.2 Å². The second kappa shape index (κ2) is 14.1. The highest BCUT2D eigenvalue weighted by atomic mass is 32.1. The van der Waals surface area contributed by atoms with Crippen molar-refractivity contribution in [2.45, 2.75) is 37.0 Å². The number of esters is 1. The fraction of sp³-hybridized carbons (Fsp3) is 0.407. The molecule has 1 unspecified atom stereocenters. The number of nitro groups is 2. The zero-order chi connectivity index (χ0) is 32.0. The van der Waals surface area contributed by atoms with E-state index < -0.39 is 39.9 Å². The fourth-order valence-electron chi connectivity index (χ4n) is 4.81. The molecule has 16 nitrogen and oxygen atoms in total. The van der Waals surface area contributed by atoms with E-state index in [2.05, 4.69) is 12.6 Å². The largest absolute Gasteiger partial charge is 0.459 e. The molecule has 0 bridgehead atoms. The topological polar surface area (TPSA) is 209 Å². The van der Waals surface area contributed by atoms with Crippen molar-refractivity contribution in [1.29, 1.82) is 0 Å². The Labute approximate surface area is 256 Å². The van der Waals surface area contributed by atoms with E-state index in [1.807, 2.05) is 0 Å². The van der Waals surface area contributed by atoms with Crippen LogP contribution in [-0.2, 0) is 37.1 Å². The monoisotopic (exact) mass is 630 g/mol. The third-order valence-corrected chi connectivity index (χ3v) is 7.63. The Hall–Kier alpha value is -4.77. The summed E-state index contributed by atoms with van der Waals surface area (Å²) in [6.07, 6.45) is -0.413. The minimum absolute atomic E-state index is 0.0911. The first kappa shape index (κ1) is 32.2. The molecule has 2 aromatic rings. The van der Waals surface area contributed by atoms with E-state index >= 15 is 0 Å². The van der Waals surface area contributed by atoms with Gasteiger partial charge in [0.1, 0.15) is 19.3 Å². The van der Waals surface area contributed by atoms with Crippen molar-refractivity contribution in [1.82, 2.24) is 14.7 Å². The second-order valence-corrected chi connectivity index (χ2v) is 10.9. The summed E-state index contributed by atoms with van der Waals surface area (Å²) in [7, 11) is 0. The van der Waals surface area contributed by atoms with Crippen LogP contribution in [0.25, 0.3) is 0 Å². The molecule has 0 saturated carbocycles. The molecule has 2 saturated heterocycles. The highest BCUT2D eigenvalue weighted by Crippen LogP contribution is 2.25. The van der Waals surface area contributed by atoms with Crippen LogP contribution in [-0.4, -0.2) is 98.5 Å². The van der Waals surface area contributed by atoms with E-state index in [9.17, 15) is 39.4 Å². The van der Waals surface area contributed by atoms with E-state index in [4.69, 9.17) is 15.2 Å². The molecule has 0 radical (unpaired) electrons. The maximum Gasteiger partial charge on any atom is 0.410 e. The van der Waals surface area contributed by atoms with Gasteiger partial charge in [-0.15, -0.1) is 0 Å². The molecule has 2 aliphatic rings. The number of piperazine rings is 1. The molecule has 234 valence electrons. The number of likely N-dealkylation sites (tertiary alicyclic amines) is 1. The summed E-state index contributed by atoms with van der Waals surface area (Å²) >= 11 is 4.45. The average Bonchev–Trinajstić information content (AvgIpc) is 3.43. The lowest BCUT2D eigenvalue weighted by molar-refractivity contribution is -0.385. The Morgan fingerprint density at radius 2 is 1.32 bits per heavy atom. The summed E-state index contributed by atoms with van der Waals surface area (Å²) in [5.74, 6) is -1.95. The van der Waals surface area contributed by atoms with E-state index in [0.29, 0.717) is 17.5 Å². The number of carbonyl (C=O) groups is 4. The number of nitro benzene ring substituents is 2. The number of hydrogen-bond acceptors (Lipinski definition) is 12. The predicted molar refractivity (Wildman–Crippen MR) is 155 cm³/mol. The van der Waals surface area contributed by atoms with Crippen LogP contribution in [0.2, 0.25) is 0 Å². The van der Waals surface area contributed by atoms with Crippen molar-refractivity contribution in [2.75, 3.05) is 32.7 Å². The zero-order valence-corrected chi connectivity index (χ0v) is 24.2. The van der Waals surface area contributed by atoms with Gasteiger partial charge in [0.2, 0.25) is 5.91 Å². The predicted octanol–water partition coefficient (Wildman–Crippen LogP) is 1.25. The van der Waals surface area contributed by atoms with Gasteiger partial charge >= 0.3 is 12.1 Å². The normalized spacial score (nSPS) is 18.8. The molecule has 2 N–H and O–H groups in total. The Morgan fingerprint density at radius 1 is 0.841 bits per heavy atom. The third kappa shape index (κ3) is 7.78. The van der Waals surface area contributed by atoms with Gasteiger partial charge in [-0.1, -0.05) is 0 Å². The van der Waals surface area contributed by atoms with Crippen molar-refractivity contribution in [3.05, 3.63) is 79.9 Å². The maximum absolute atomic E-state index is 13.4. The Bertz CT molecular complexity index is 1420. The molecule has 17 heteroatoms. The molecule has 3 atom stereocenters. The first-order valence-corrected chi connectivity index (χ1v) is 14.0. The van der Waals surface area contributed by atoms with Gasteiger partial charge in [0.15, 0.2) is 6.04 Å². The van der Waals surface area contributed by atoms with Crippen molar-refractivity contribution in [2.24, 2.45) is 5.73 Å². The van der Waals surface area contributed by atoms with Gasteiger partial charge in [-0.05, 0) is 41.8 Å². The Morgan fingerprint density at radius 3 is 1.82 bits per heavy atom. The van der Waals surface area contributed by atoms with Gasteiger partial charge in [0.25, 0.3) is 17.3 Å². The summed E-state index contributed by atoms with van der Waals surface area (Å²) in [5.41, 5.74) is 6.66. The van der Waals surface area contributed by atoms with E-state index in [-0.39, 0.29) is 68.5 Å². The van der Waals surface area contributed by atoms with Crippen molar-refractivity contribution in [3.8, 4) is 0 Å². The molecule has 0 aromatic heterocycles. The summed E-state index contributed by atoms with van der Waals surface area (Å²) in [6.45, 7) is 0.339. The van der Waals surface area contributed by atoms with E-state index in [0.717, 1.165) is 0 Å². The quantitative estimate of drug-likeness (QED) is 0.132. The summed E-state index contributed by atoms with van der Waals surface area (Å²) < 4.78 is 10.5. The van der Waals surface area contributed by atoms with E-state index in [1.165, 1.54) is 63.2 Å². The van der Waals surface area contributed by atoms with Crippen molar-refractivity contribution >= 4 is 47.9 Å². The SMILES string of the molecule is NC(C(=O)OCc1ccc([N+](=O)[O-])cc1)C(=O)N1CCN(C(=O)[C@@H]2C[C@H](S)CN2C(=O)OCc2ccc([N+](=O)[O-])cc2)CC1. The molecule has 0 aliphatic carbocycles. The first-order valence-electron chi connectivity index (χ1n) is 13.5. The van der Waals surface area contributed by atoms with Crippen LogP contribution in [0.5, 0.6) is 0 Å². The summed E-state index contributed by atoms with van der Waals surface area (Å²) in [5, 5.41) is 21.3. The second-order valence-electron chi connectivity index (χ2n) is 10.2. The van der Waals surface area contributed by atoms with E-state index in [1.54, 1.807) is 0 Å². The van der Waals surface area contributed by atoms with Crippen molar-refractivity contribution in [3.63, 3.8) is 0 Å². The van der Waals surface area contributed by atoms with Crippen LogP contribution < -0.4 is 5.73 Å². The average molecular weight is 631 g/mol. The standard InChI is InChI=1S/C27H30N6O10S/c28-23(26(36)42-15-17-1-5-19(6-2-17)32(38)39)25(35)30-11-9-29(10-12-30)24(34)22-13-21(44)14-31(22)27(37)43-16-18-3-7-20(8-4-18)33(40)41/h1-8,21-23,44H,9-16,28H2/t21-,22-,23?/m0/s1. The Balaban J connectivity index is 1.25. The molecule has 2 aromatic carbocycles. The molecule has 4 rings (SSSR count). The zero-order valence-electron chi connectivity index (χ0n) is 23.4. The number of nitrogens with two attached hydrogens (primary N) is 1. The number of nitrogens with zero attached hydrogens (tertiary/aromatic N) is 5. The number of benzene rings is 2. The Kier molecular flexibility index (Phi) is 10.3. The fourth-order valence-corrected chi connectivity index (χ4v) is 5.18. The molecule has 2 fully saturated rings. The van der Waals surface area contributed by atoms with Gasteiger partial charge in [-0.25, -0.2) is 9.59 Å². The molecule has 2 aliphatic heterocycles. The van der Waals surface area contributed by atoms with Crippen molar-refractivity contribution < 1.29 is 38.5 Å². The number of amides is 3. The summed E-state index contributed by atoms with van der Waals surface area (Å²) in [4.78, 5) is 76.1. The number of non-ortho nitro benzene ring substituents is 2. The van der Waals surface area contributed by atoms with Gasteiger partial charge < -0.3 is 25.0 Å². The first-order chi connectivity index (χ1) is 20.9. The lowest BCUT2D eigenvalue weighted by Gasteiger charge is -2.37. The third-order valence-electron chi connectivity index (χ3n) is 7.26. The highest BCUT2D eigenvalue weighted by Gasteiger charge is 2.42. The van der Waals surface area contributed by atoms with Crippen LogP contribution in [0.1, 0.15) is 17.5 Å². The van der Waals surface area contributed by atoms with Gasteiger partial charge in [-0.2, -0.15) is 12.6 Å². The maximum atomic E-state index is 13.4. The van der Waals surface area contributed by atoms with Gasteiger partial charge in [-0.3, -0.25) is 34.7 Å². The molecule has 0 spiro atoms. The molecule has 3 amide bonds. The van der Waals surface area contributed by atoms with Gasteiger partial charge in [0, 0.05) is 62.2 Å². The van der Waals surface area contributed by atoms with Gasteiger partial charge in [0.05, 0.1) is 9.85 Å². The number of rotatable bonds is 9. The number of carbonyl (C=O) groups excluding carboxylic acids is 4. The number of ether oxygens (including phenoxy) is 2. The lowest BCUT2D eigenvalue weighted by atomic mass is 10.1. The molecule has 44 heavy (non-hydrogen) atoms. The minimum atomic E-state index is -1.59.